The highest BCUT2D eigenvalue weighted by Gasteiger charge is 2.11. The van der Waals surface area contributed by atoms with E-state index in [4.69, 9.17) is 11.6 Å². The molecule has 3 nitrogen and oxygen atoms in total. The van der Waals surface area contributed by atoms with E-state index in [0.717, 1.165) is 23.3 Å². The Balaban J connectivity index is 2.03. The Hall–Kier alpha value is -0.840. The quantitative estimate of drug-likeness (QED) is 0.930. The van der Waals surface area contributed by atoms with Gasteiger partial charge in [-0.2, -0.15) is 0 Å². The van der Waals surface area contributed by atoms with E-state index in [1.54, 1.807) is 11.3 Å². The number of nitrogens with zero attached hydrogens (tertiary/aromatic N) is 2. The third-order valence-electron chi connectivity index (χ3n) is 2.53. The van der Waals surface area contributed by atoms with Gasteiger partial charge in [0.05, 0.1) is 17.4 Å². The van der Waals surface area contributed by atoms with Gasteiger partial charge in [-0.3, -0.25) is 0 Å². The van der Waals surface area contributed by atoms with Gasteiger partial charge in [0.1, 0.15) is 5.82 Å². The number of imidazole rings is 1. The molecule has 18 heavy (non-hydrogen) atoms. The molecule has 0 radical (unpaired) electrons. The van der Waals surface area contributed by atoms with Gasteiger partial charge in [-0.15, -0.1) is 11.3 Å². The summed E-state index contributed by atoms with van der Waals surface area (Å²) in [5, 5.41) is 3.45. The largest absolute Gasteiger partial charge is 0.329 e. The van der Waals surface area contributed by atoms with Crippen molar-refractivity contribution in [3.63, 3.8) is 0 Å². The molecule has 0 aliphatic carbocycles. The zero-order valence-electron chi connectivity index (χ0n) is 10.9. The smallest absolute Gasteiger partial charge is 0.122 e. The second kappa shape index (κ2) is 5.43. The molecule has 0 aliphatic rings. The molecule has 0 aliphatic heterocycles. The second-order valence-electron chi connectivity index (χ2n) is 5.28. The van der Waals surface area contributed by atoms with Gasteiger partial charge in [0.15, 0.2) is 0 Å². The summed E-state index contributed by atoms with van der Waals surface area (Å²) in [6.45, 7) is 8.06. The molecule has 0 aromatic carbocycles. The molecule has 0 unspecified atom stereocenters. The topological polar surface area (TPSA) is 29.9 Å². The van der Waals surface area contributed by atoms with Crippen LogP contribution in [0.5, 0.6) is 0 Å². The molecule has 2 aromatic heterocycles. The van der Waals surface area contributed by atoms with Crippen LogP contribution >= 0.6 is 22.9 Å². The zero-order valence-corrected chi connectivity index (χ0v) is 12.5. The molecule has 0 amide bonds. The van der Waals surface area contributed by atoms with Crippen molar-refractivity contribution >= 4 is 22.9 Å². The van der Waals surface area contributed by atoms with E-state index in [9.17, 15) is 0 Å². The monoisotopic (exact) mass is 283 g/mol. The normalized spacial score (nSPS) is 12.0. The molecular formula is C13H18ClN3S. The van der Waals surface area contributed by atoms with E-state index in [0.29, 0.717) is 0 Å². The maximum absolute atomic E-state index is 5.94. The van der Waals surface area contributed by atoms with Gasteiger partial charge < -0.3 is 9.88 Å². The van der Waals surface area contributed by atoms with Crippen molar-refractivity contribution in [1.82, 2.24) is 14.9 Å². The molecule has 2 heterocycles. The zero-order chi connectivity index (χ0) is 13.2. The highest BCUT2D eigenvalue weighted by Crippen LogP contribution is 2.22. The lowest BCUT2D eigenvalue weighted by Gasteiger charge is -2.20. The van der Waals surface area contributed by atoms with Crippen molar-refractivity contribution in [2.45, 2.75) is 39.4 Å². The van der Waals surface area contributed by atoms with Crippen LogP contribution in [0.1, 0.15) is 31.5 Å². The van der Waals surface area contributed by atoms with Crippen molar-refractivity contribution in [1.29, 1.82) is 0 Å². The Kier molecular flexibility index (Phi) is 4.10. The molecule has 0 saturated heterocycles. The lowest BCUT2D eigenvalue weighted by atomic mass is 10.1. The summed E-state index contributed by atoms with van der Waals surface area (Å²) in [6.07, 6.45) is 3.85. The first-order valence-corrected chi connectivity index (χ1v) is 7.13. The Labute approximate surface area is 117 Å². The summed E-state index contributed by atoms with van der Waals surface area (Å²) >= 11 is 7.56. The van der Waals surface area contributed by atoms with Crippen LogP contribution in [0.25, 0.3) is 0 Å². The lowest BCUT2D eigenvalue weighted by molar-refractivity contribution is 0.413. The van der Waals surface area contributed by atoms with E-state index in [2.05, 4.69) is 41.7 Å². The summed E-state index contributed by atoms with van der Waals surface area (Å²) in [6, 6.07) is 4.00. The van der Waals surface area contributed by atoms with Crippen LogP contribution in [0.2, 0.25) is 4.34 Å². The predicted octanol–water partition coefficient (Wildman–Crippen LogP) is 3.53. The van der Waals surface area contributed by atoms with Crippen LogP contribution in [-0.4, -0.2) is 15.1 Å². The van der Waals surface area contributed by atoms with Gasteiger partial charge in [-0.25, -0.2) is 4.98 Å². The summed E-state index contributed by atoms with van der Waals surface area (Å²) in [7, 11) is 0. The molecule has 5 heteroatoms. The average molecular weight is 284 g/mol. The maximum atomic E-state index is 5.94. The van der Waals surface area contributed by atoms with Crippen LogP contribution in [0.4, 0.5) is 0 Å². The van der Waals surface area contributed by atoms with Crippen LogP contribution in [0, 0.1) is 0 Å². The molecule has 0 fully saturated rings. The van der Waals surface area contributed by atoms with Gasteiger partial charge in [-0.1, -0.05) is 11.6 Å². The SMILES string of the molecule is CC(C)(C)NCc1nccn1Cc1ccc(Cl)s1. The Morgan fingerprint density at radius 3 is 2.78 bits per heavy atom. The van der Waals surface area contributed by atoms with Crippen molar-refractivity contribution in [2.24, 2.45) is 0 Å². The summed E-state index contributed by atoms with van der Waals surface area (Å²) < 4.78 is 2.99. The van der Waals surface area contributed by atoms with Crippen molar-refractivity contribution < 1.29 is 0 Å². The first kappa shape index (κ1) is 13.6. The lowest BCUT2D eigenvalue weighted by Crippen LogP contribution is -2.35. The van der Waals surface area contributed by atoms with E-state index in [-0.39, 0.29) is 5.54 Å². The minimum atomic E-state index is 0.100. The van der Waals surface area contributed by atoms with E-state index >= 15 is 0 Å². The molecule has 0 atom stereocenters. The standard InChI is InChI=1S/C13H18ClN3S/c1-13(2,3)16-8-12-15-6-7-17(12)9-10-4-5-11(14)18-10/h4-7,16H,8-9H2,1-3H3. The average Bonchev–Trinajstić information content (AvgIpc) is 2.85. The summed E-state index contributed by atoms with van der Waals surface area (Å²) in [5.41, 5.74) is 0.100. The molecule has 0 bridgehead atoms. The van der Waals surface area contributed by atoms with Crippen molar-refractivity contribution in [3.8, 4) is 0 Å². The highest BCUT2D eigenvalue weighted by molar-refractivity contribution is 7.16. The van der Waals surface area contributed by atoms with Crippen LogP contribution in [0.3, 0.4) is 0 Å². The number of hydrogen-bond acceptors (Lipinski definition) is 3. The molecular weight excluding hydrogens is 266 g/mol. The van der Waals surface area contributed by atoms with Crippen molar-refractivity contribution in [3.05, 3.63) is 39.6 Å². The molecule has 1 N–H and O–H groups in total. The minimum Gasteiger partial charge on any atom is -0.329 e. The first-order valence-electron chi connectivity index (χ1n) is 5.93. The third kappa shape index (κ3) is 3.83. The molecule has 2 rings (SSSR count). The van der Waals surface area contributed by atoms with Gasteiger partial charge in [0.2, 0.25) is 0 Å². The van der Waals surface area contributed by atoms with Crippen LogP contribution < -0.4 is 5.32 Å². The third-order valence-corrected chi connectivity index (χ3v) is 3.75. The number of thiophene rings is 1. The fraction of sp³-hybridized carbons (Fsp3) is 0.462. The fourth-order valence-electron chi connectivity index (χ4n) is 1.60. The molecule has 2 aromatic rings. The first-order chi connectivity index (χ1) is 8.44. The number of rotatable bonds is 4. The number of halogens is 1. The Morgan fingerprint density at radius 1 is 1.39 bits per heavy atom. The highest BCUT2D eigenvalue weighted by atomic mass is 35.5. The maximum Gasteiger partial charge on any atom is 0.122 e. The van der Waals surface area contributed by atoms with E-state index in [1.807, 2.05) is 18.5 Å². The molecule has 0 saturated carbocycles. The predicted molar refractivity (Wildman–Crippen MR) is 77.3 cm³/mol. The number of aromatic nitrogens is 2. The van der Waals surface area contributed by atoms with Gasteiger partial charge in [0.25, 0.3) is 0 Å². The Morgan fingerprint density at radius 2 is 2.17 bits per heavy atom. The fourth-order valence-corrected chi connectivity index (χ4v) is 2.69. The number of nitrogens with one attached hydrogen (secondary N) is 1. The summed E-state index contributed by atoms with van der Waals surface area (Å²) in [4.78, 5) is 5.64. The van der Waals surface area contributed by atoms with Crippen molar-refractivity contribution in [2.75, 3.05) is 0 Å². The van der Waals surface area contributed by atoms with Gasteiger partial charge in [0, 0.05) is 22.8 Å². The Bertz CT molecular complexity index is 510. The van der Waals surface area contributed by atoms with Gasteiger partial charge in [-0.05, 0) is 32.9 Å². The van der Waals surface area contributed by atoms with Crippen LogP contribution in [-0.2, 0) is 13.1 Å². The molecule has 0 spiro atoms. The van der Waals surface area contributed by atoms with Crippen LogP contribution in [0.15, 0.2) is 24.5 Å². The van der Waals surface area contributed by atoms with E-state index in [1.165, 1.54) is 4.88 Å². The second-order valence-corrected chi connectivity index (χ2v) is 7.08. The minimum absolute atomic E-state index is 0.100. The number of hydrogen-bond donors (Lipinski definition) is 1. The molecule has 98 valence electrons. The summed E-state index contributed by atoms with van der Waals surface area (Å²) in [5.74, 6) is 1.05. The van der Waals surface area contributed by atoms with Gasteiger partial charge >= 0.3 is 0 Å². The van der Waals surface area contributed by atoms with E-state index < -0.39 is 0 Å².